The van der Waals surface area contributed by atoms with Crippen LogP contribution in [0.15, 0.2) is 24.3 Å². The van der Waals surface area contributed by atoms with Gasteiger partial charge >= 0.3 is 0 Å². The maximum atomic E-state index is 12.3. The third-order valence-corrected chi connectivity index (χ3v) is 3.61. The van der Waals surface area contributed by atoms with Gasteiger partial charge in [-0.05, 0) is 49.9 Å². The second kappa shape index (κ2) is 6.42. The summed E-state index contributed by atoms with van der Waals surface area (Å²) in [5, 5.41) is 8.74. The zero-order valence-electron chi connectivity index (χ0n) is 12.0. The van der Waals surface area contributed by atoms with Crippen molar-refractivity contribution in [3.8, 4) is 11.8 Å². The van der Waals surface area contributed by atoms with Crippen LogP contribution in [0.4, 0.5) is 0 Å². The summed E-state index contributed by atoms with van der Waals surface area (Å²) in [6, 6.07) is 8.88. The molecule has 0 radical (unpaired) electrons. The van der Waals surface area contributed by atoms with Gasteiger partial charge in [0, 0.05) is 13.1 Å². The molecule has 106 valence electrons. The van der Waals surface area contributed by atoms with E-state index in [4.69, 9.17) is 10.00 Å². The van der Waals surface area contributed by atoms with Gasteiger partial charge in [0.1, 0.15) is 5.75 Å². The molecule has 4 nitrogen and oxygen atoms in total. The Morgan fingerprint density at radius 1 is 1.45 bits per heavy atom. The number of nitrogens with zero attached hydrogens (tertiary/aromatic N) is 2. The lowest BCUT2D eigenvalue weighted by Crippen LogP contribution is -2.45. The van der Waals surface area contributed by atoms with Crippen LogP contribution in [0, 0.1) is 17.2 Å². The van der Waals surface area contributed by atoms with E-state index in [0.717, 1.165) is 19.5 Å². The van der Waals surface area contributed by atoms with Gasteiger partial charge in [0.15, 0.2) is 6.10 Å². The maximum absolute atomic E-state index is 12.3. The molecule has 2 rings (SSSR count). The fourth-order valence-corrected chi connectivity index (χ4v) is 2.51. The van der Waals surface area contributed by atoms with E-state index in [1.807, 2.05) is 4.90 Å². The molecule has 1 aromatic rings. The van der Waals surface area contributed by atoms with Gasteiger partial charge in [-0.1, -0.05) is 6.92 Å². The molecular weight excluding hydrogens is 252 g/mol. The topological polar surface area (TPSA) is 53.3 Å². The Labute approximate surface area is 120 Å². The van der Waals surface area contributed by atoms with Gasteiger partial charge in [-0.25, -0.2) is 0 Å². The molecule has 1 aromatic carbocycles. The molecule has 0 spiro atoms. The first kappa shape index (κ1) is 14.4. The molecule has 4 heteroatoms. The predicted molar refractivity (Wildman–Crippen MR) is 76.2 cm³/mol. The van der Waals surface area contributed by atoms with Crippen molar-refractivity contribution in [1.82, 2.24) is 4.90 Å². The lowest BCUT2D eigenvalue weighted by Gasteiger charge is -2.32. The first-order chi connectivity index (χ1) is 9.60. The minimum atomic E-state index is -0.492. The van der Waals surface area contributed by atoms with Crippen molar-refractivity contribution < 1.29 is 9.53 Å². The van der Waals surface area contributed by atoms with Gasteiger partial charge in [-0.3, -0.25) is 4.79 Å². The zero-order chi connectivity index (χ0) is 14.5. The SMILES string of the molecule is C[C@H]1CCCN(C(=O)[C@H](C)Oc2ccc(C#N)cc2)C1. The standard InChI is InChI=1S/C16H20N2O2/c1-12-4-3-9-18(11-12)16(19)13(2)20-15-7-5-14(10-17)6-8-15/h5-8,12-13H,3-4,9,11H2,1-2H3/t12-,13-/m0/s1. The van der Waals surface area contributed by atoms with Crippen LogP contribution in [0.3, 0.4) is 0 Å². The highest BCUT2D eigenvalue weighted by molar-refractivity contribution is 5.81. The number of rotatable bonds is 3. The van der Waals surface area contributed by atoms with Gasteiger partial charge in [0.2, 0.25) is 0 Å². The number of benzene rings is 1. The Balaban J connectivity index is 1.94. The van der Waals surface area contributed by atoms with Crippen LogP contribution in [0.2, 0.25) is 0 Å². The molecule has 1 heterocycles. The smallest absolute Gasteiger partial charge is 0.263 e. The zero-order valence-corrected chi connectivity index (χ0v) is 12.0. The summed E-state index contributed by atoms with van der Waals surface area (Å²) in [4.78, 5) is 14.2. The summed E-state index contributed by atoms with van der Waals surface area (Å²) in [5.74, 6) is 1.23. The molecular formula is C16H20N2O2. The second-order valence-electron chi connectivity index (χ2n) is 5.43. The van der Waals surface area contributed by atoms with Gasteiger partial charge < -0.3 is 9.64 Å². The molecule has 0 bridgehead atoms. The summed E-state index contributed by atoms with van der Waals surface area (Å²) in [7, 11) is 0. The Morgan fingerprint density at radius 3 is 2.75 bits per heavy atom. The van der Waals surface area contributed by atoms with E-state index in [0.29, 0.717) is 17.2 Å². The highest BCUT2D eigenvalue weighted by atomic mass is 16.5. The van der Waals surface area contributed by atoms with Crippen LogP contribution in [0.1, 0.15) is 32.3 Å². The third kappa shape index (κ3) is 3.51. The molecule has 1 amide bonds. The van der Waals surface area contributed by atoms with Crippen LogP contribution in [0.5, 0.6) is 5.75 Å². The van der Waals surface area contributed by atoms with Crippen molar-refractivity contribution in [1.29, 1.82) is 5.26 Å². The van der Waals surface area contributed by atoms with Crippen LogP contribution in [-0.4, -0.2) is 30.0 Å². The monoisotopic (exact) mass is 272 g/mol. The predicted octanol–water partition coefficient (Wildman–Crippen LogP) is 2.58. The fraction of sp³-hybridized carbons (Fsp3) is 0.500. The van der Waals surface area contributed by atoms with E-state index >= 15 is 0 Å². The van der Waals surface area contributed by atoms with Crippen molar-refractivity contribution >= 4 is 5.91 Å². The summed E-state index contributed by atoms with van der Waals surface area (Å²) >= 11 is 0. The largest absolute Gasteiger partial charge is 0.481 e. The first-order valence-corrected chi connectivity index (χ1v) is 7.05. The number of likely N-dealkylation sites (tertiary alicyclic amines) is 1. The molecule has 1 aliphatic heterocycles. The van der Waals surface area contributed by atoms with Gasteiger partial charge in [0.25, 0.3) is 5.91 Å². The Kier molecular flexibility index (Phi) is 4.62. The Hall–Kier alpha value is -2.02. The molecule has 0 N–H and O–H groups in total. The van der Waals surface area contributed by atoms with Gasteiger partial charge in [-0.15, -0.1) is 0 Å². The van der Waals surface area contributed by atoms with E-state index in [9.17, 15) is 4.79 Å². The number of carbonyl (C=O) groups excluding carboxylic acids is 1. The molecule has 0 aromatic heterocycles. The van der Waals surface area contributed by atoms with E-state index in [2.05, 4.69) is 13.0 Å². The number of amides is 1. The van der Waals surface area contributed by atoms with Gasteiger partial charge in [0.05, 0.1) is 11.6 Å². The lowest BCUT2D eigenvalue weighted by atomic mass is 10.00. The van der Waals surface area contributed by atoms with E-state index in [1.54, 1.807) is 31.2 Å². The molecule has 0 unspecified atom stereocenters. The van der Waals surface area contributed by atoms with Crippen molar-refractivity contribution in [3.05, 3.63) is 29.8 Å². The quantitative estimate of drug-likeness (QED) is 0.849. The van der Waals surface area contributed by atoms with Crippen molar-refractivity contribution in [2.45, 2.75) is 32.8 Å². The van der Waals surface area contributed by atoms with Crippen molar-refractivity contribution in [3.63, 3.8) is 0 Å². The maximum Gasteiger partial charge on any atom is 0.263 e. The van der Waals surface area contributed by atoms with Crippen molar-refractivity contribution in [2.75, 3.05) is 13.1 Å². The summed E-state index contributed by atoms with van der Waals surface area (Å²) in [6.07, 6.45) is 1.76. The van der Waals surface area contributed by atoms with Crippen LogP contribution < -0.4 is 4.74 Å². The van der Waals surface area contributed by atoms with Gasteiger partial charge in [-0.2, -0.15) is 5.26 Å². The molecule has 1 aliphatic rings. The number of carbonyl (C=O) groups is 1. The number of hydrogen-bond donors (Lipinski definition) is 0. The van der Waals surface area contributed by atoms with E-state index in [-0.39, 0.29) is 5.91 Å². The number of nitriles is 1. The average Bonchev–Trinajstić information content (AvgIpc) is 2.47. The highest BCUT2D eigenvalue weighted by Gasteiger charge is 2.25. The second-order valence-corrected chi connectivity index (χ2v) is 5.43. The Bertz CT molecular complexity index is 504. The molecule has 20 heavy (non-hydrogen) atoms. The molecule has 2 atom stereocenters. The number of hydrogen-bond acceptors (Lipinski definition) is 3. The summed E-state index contributed by atoms with van der Waals surface area (Å²) in [5.41, 5.74) is 0.584. The number of piperidine rings is 1. The third-order valence-electron chi connectivity index (χ3n) is 3.61. The minimum Gasteiger partial charge on any atom is -0.481 e. The fourth-order valence-electron chi connectivity index (χ4n) is 2.51. The van der Waals surface area contributed by atoms with Crippen LogP contribution >= 0.6 is 0 Å². The van der Waals surface area contributed by atoms with Crippen molar-refractivity contribution in [2.24, 2.45) is 5.92 Å². The van der Waals surface area contributed by atoms with Crippen LogP contribution in [-0.2, 0) is 4.79 Å². The summed E-state index contributed by atoms with van der Waals surface area (Å²) in [6.45, 7) is 5.59. The average molecular weight is 272 g/mol. The molecule has 0 saturated carbocycles. The van der Waals surface area contributed by atoms with Crippen LogP contribution in [0.25, 0.3) is 0 Å². The molecule has 0 aliphatic carbocycles. The molecule has 1 saturated heterocycles. The van der Waals surface area contributed by atoms with E-state index < -0.39 is 6.10 Å². The van der Waals surface area contributed by atoms with E-state index in [1.165, 1.54) is 6.42 Å². The lowest BCUT2D eigenvalue weighted by molar-refractivity contribution is -0.139. The summed E-state index contributed by atoms with van der Waals surface area (Å²) < 4.78 is 5.66. The molecule has 1 fully saturated rings. The Morgan fingerprint density at radius 2 is 2.15 bits per heavy atom. The minimum absolute atomic E-state index is 0.0425. The normalized spacial score (nSPS) is 20.1. The first-order valence-electron chi connectivity index (χ1n) is 7.05. The number of ether oxygens (including phenoxy) is 1. The highest BCUT2D eigenvalue weighted by Crippen LogP contribution is 2.18.